The Labute approximate surface area is 114 Å². The molecule has 0 fully saturated rings. The molecule has 2 nitrogen and oxygen atoms in total. The molecule has 2 heteroatoms. The summed E-state index contributed by atoms with van der Waals surface area (Å²) in [6.45, 7) is 8.72. The van der Waals surface area contributed by atoms with E-state index in [2.05, 4.69) is 44.7 Å². The van der Waals surface area contributed by atoms with Crippen LogP contribution in [0.2, 0.25) is 0 Å². The number of rotatable bonds is 1. The van der Waals surface area contributed by atoms with E-state index in [-0.39, 0.29) is 0 Å². The van der Waals surface area contributed by atoms with Crippen molar-refractivity contribution in [2.75, 3.05) is 4.90 Å². The molecule has 0 N–H and O–H groups in total. The van der Waals surface area contributed by atoms with Crippen molar-refractivity contribution in [3.8, 4) is 11.5 Å². The molecule has 0 aliphatic carbocycles. The summed E-state index contributed by atoms with van der Waals surface area (Å²) in [4.78, 5) is 2.39. The van der Waals surface area contributed by atoms with Gasteiger partial charge < -0.3 is 9.64 Å². The predicted octanol–water partition coefficient (Wildman–Crippen LogP) is 4.96. The van der Waals surface area contributed by atoms with Crippen molar-refractivity contribution in [3.63, 3.8) is 0 Å². The van der Waals surface area contributed by atoms with E-state index in [9.17, 15) is 0 Å². The van der Waals surface area contributed by atoms with E-state index in [1.807, 2.05) is 24.3 Å². The molecule has 2 aromatic rings. The number of fused-ring (bicyclic) bond motifs is 2. The molecule has 0 aromatic heterocycles. The minimum Gasteiger partial charge on any atom is -0.453 e. The Hall–Kier alpha value is -1.96. The summed E-state index contributed by atoms with van der Waals surface area (Å²) in [6.07, 6.45) is 0. The molecule has 1 aliphatic heterocycles. The number of anilines is 2. The van der Waals surface area contributed by atoms with Gasteiger partial charge in [-0.15, -0.1) is 0 Å². The average molecular weight is 253 g/mol. The summed E-state index contributed by atoms with van der Waals surface area (Å²) < 4.78 is 6.08. The van der Waals surface area contributed by atoms with Gasteiger partial charge in [-0.05, 0) is 51.0 Å². The van der Waals surface area contributed by atoms with Gasteiger partial charge in [-0.1, -0.05) is 24.3 Å². The molecule has 0 amide bonds. The third-order valence-corrected chi connectivity index (χ3v) is 3.62. The minimum atomic E-state index is 0.392. The molecular formula is C17H19NO. The van der Waals surface area contributed by atoms with Gasteiger partial charge >= 0.3 is 0 Å². The highest BCUT2D eigenvalue weighted by atomic mass is 16.5. The maximum Gasteiger partial charge on any atom is 0.151 e. The van der Waals surface area contributed by atoms with E-state index in [0.29, 0.717) is 6.04 Å². The Morgan fingerprint density at radius 1 is 0.842 bits per heavy atom. The molecule has 0 bridgehead atoms. The van der Waals surface area contributed by atoms with Crippen LogP contribution in [0.3, 0.4) is 0 Å². The molecule has 1 aliphatic rings. The predicted molar refractivity (Wildman–Crippen MR) is 79.7 cm³/mol. The largest absolute Gasteiger partial charge is 0.453 e. The molecule has 0 radical (unpaired) electrons. The maximum absolute atomic E-state index is 6.08. The second-order valence-electron chi connectivity index (χ2n) is 5.41. The second kappa shape index (κ2) is 4.30. The third-order valence-electron chi connectivity index (χ3n) is 3.62. The molecular weight excluding hydrogens is 234 g/mol. The quantitative estimate of drug-likeness (QED) is 0.712. The molecule has 0 spiro atoms. The van der Waals surface area contributed by atoms with E-state index >= 15 is 0 Å². The number of ether oxygens (including phenoxy) is 1. The van der Waals surface area contributed by atoms with Crippen molar-refractivity contribution in [2.24, 2.45) is 0 Å². The van der Waals surface area contributed by atoms with Crippen molar-refractivity contribution >= 4 is 11.4 Å². The van der Waals surface area contributed by atoms with Crippen LogP contribution in [0.25, 0.3) is 0 Å². The van der Waals surface area contributed by atoms with Crippen LogP contribution in [0, 0.1) is 13.8 Å². The number of para-hydroxylation sites is 2. The van der Waals surface area contributed by atoms with Crippen LogP contribution in [-0.2, 0) is 0 Å². The standard InChI is InChI=1S/C17H19NO/c1-11(2)18-16-12(3)7-5-9-14(16)19-15-10-6-8-13(4)17(15)18/h5-11H,1-4H3. The van der Waals surface area contributed by atoms with Crippen molar-refractivity contribution < 1.29 is 4.74 Å². The summed E-state index contributed by atoms with van der Waals surface area (Å²) in [5.41, 5.74) is 4.89. The first-order chi connectivity index (χ1) is 9.09. The topological polar surface area (TPSA) is 12.5 Å². The zero-order valence-electron chi connectivity index (χ0n) is 11.9. The summed E-state index contributed by atoms with van der Waals surface area (Å²) in [5, 5.41) is 0. The Bertz CT molecular complexity index is 580. The molecule has 2 aromatic carbocycles. The van der Waals surface area contributed by atoms with Gasteiger partial charge in [-0.25, -0.2) is 0 Å². The first-order valence-electron chi connectivity index (χ1n) is 6.76. The lowest BCUT2D eigenvalue weighted by Gasteiger charge is -2.37. The van der Waals surface area contributed by atoms with Crippen LogP contribution < -0.4 is 9.64 Å². The molecule has 0 atom stereocenters. The van der Waals surface area contributed by atoms with Gasteiger partial charge in [0.2, 0.25) is 0 Å². The van der Waals surface area contributed by atoms with E-state index in [0.717, 1.165) is 11.5 Å². The smallest absolute Gasteiger partial charge is 0.151 e. The number of nitrogens with zero attached hydrogens (tertiary/aromatic N) is 1. The fourth-order valence-electron chi connectivity index (χ4n) is 2.79. The highest BCUT2D eigenvalue weighted by Gasteiger charge is 2.28. The van der Waals surface area contributed by atoms with Crippen molar-refractivity contribution in [3.05, 3.63) is 47.5 Å². The zero-order valence-corrected chi connectivity index (χ0v) is 11.9. The van der Waals surface area contributed by atoms with E-state index in [1.165, 1.54) is 22.5 Å². The minimum absolute atomic E-state index is 0.392. The lowest BCUT2D eigenvalue weighted by atomic mass is 10.0. The fraction of sp³-hybridized carbons (Fsp3) is 0.294. The fourth-order valence-corrected chi connectivity index (χ4v) is 2.79. The number of hydrogen-bond acceptors (Lipinski definition) is 2. The molecule has 19 heavy (non-hydrogen) atoms. The van der Waals surface area contributed by atoms with Crippen LogP contribution in [0.15, 0.2) is 36.4 Å². The molecule has 0 saturated carbocycles. The van der Waals surface area contributed by atoms with E-state index < -0.39 is 0 Å². The van der Waals surface area contributed by atoms with Crippen LogP contribution in [0.4, 0.5) is 11.4 Å². The molecule has 0 unspecified atom stereocenters. The number of benzene rings is 2. The molecule has 1 heterocycles. The maximum atomic E-state index is 6.08. The van der Waals surface area contributed by atoms with E-state index in [4.69, 9.17) is 4.74 Å². The van der Waals surface area contributed by atoms with Gasteiger partial charge in [0, 0.05) is 6.04 Å². The van der Waals surface area contributed by atoms with Crippen LogP contribution >= 0.6 is 0 Å². The summed E-state index contributed by atoms with van der Waals surface area (Å²) >= 11 is 0. The Kier molecular flexibility index (Phi) is 2.74. The molecule has 0 saturated heterocycles. The first kappa shape index (κ1) is 12.1. The zero-order chi connectivity index (χ0) is 13.6. The van der Waals surface area contributed by atoms with Gasteiger partial charge in [-0.2, -0.15) is 0 Å². The monoisotopic (exact) mass is 253 g/mol. The summed E-state index contributed by atoms with van der Waals surface area (Å²) in [6, 6.07) is 12.9. The highest BCUT2D eigenvalue weighted by molar-refractivity contribution is 5.82. The van der Waals surface area contributed by atoms with Gasteiger partial charge in [0.1, 0.15) is 0 Å². The third kappa shape index (κ3) is 1.79. The average Bonchev–Trinajstić information content (AvgIpc) is 2.37. The lowest BCUT2D eigenvalue weighted by Crippen LogP contribution is -2.29. The van der Waals surface area contributed by atoms with Crippen molar-refractivity contribution in [1.29, 1.82) is 0 Å². The Balaban J connectivity index is 2.29. The van der Waals surface area contributed by atoms with Gasteiger partial charge in [0.25, 0.3) is 0 Å². The highest BCUT2D eigenvalue weighted by Crippen LogP contribution is 2.50. The Morgan fingerprint density at radius 3 is 1.74 bits per heavy atom. The van der Waals surface area contributed by atoms with Crippen molar-refractivity contribution in [2.45, 2.75) is 33.7 Å². The van der Waals surface area contributed by atoms with E-state index in [1.54, 1.807) is 0 Å². The summed E-state index contributed by atoms with van der Waals surface area (Å²) in [7, 11) is 0. The van der Waals surface area contributed by atoms with Crippen LogP contribution in [-0.4, -0.2) is 6.04 Å². The Morgan fingerprint density at radius 2 is 1.32 bits per heavy atom. The molecule has 98 valence electrons. The van der Waals surface area contributed by atoms with Crippen LogP contribution in [0.1, 0.15) is 25.0 Å². The SMILES string of the molecule is Cc1cccc2c1N(C(C)C)c1c(C)cccc1O2. The summed E-state index contributed by atoms with van der Waals surface area (Å²) in [5.74, 6) is 1.90. The van der Waals surface area contributed by atoms with Gasteiger partial charge in [-0.3, -0.25) is 0 Å². The number of aryl methyl sites for hydroxylation is 2. The van der Waals surface area contributed by atoms with Crippen molar-refractivity contribution in [1.82, 2.24) is 0 Å². The molecule has 3 rings (SSSR count). The normalized spacial score (nSPS) is 13.0. The van der Waals surface area contributed by atoms with Gasteiger partial charge in [0.05, 0.1) is 11.4 Å². The number of hydrogen-bond donors (Lipinski definition) is 0. The second-order valence-corrected chi connectivity index (χ2v) is 5.41. The lowest BCUT2D eigenvalue weighted by molar-refractivity contribution is 0.468. The van der Waals surface area contributed by atoms with Gasteiger partial charge in [0.15, 0.2) is 11.5 Å². The first-order valence-corrected chi connectivity index (χ1v) is 6.76. The van der Waals surface area contributed by atoms with Crippen LogP contribution in [0.5, 0.6) is 11.5 Å².